The molecule has 10 nitrogen and oxygen atoms in total. The minimum absolute atomic E-state index is 0.00236. The first-order chi connectivity index (χ1) is 15.7. The van der Waals surface area contributed by atoms with Gasteiger partial charge in [-0.3, -0.25) is 14.2 Å². The molecule has 194 valence electrons. The van der Waals surface area contributed by atoms with E-state index >= 15 is 0 Å². The summed E-state index contributed by atoms with van der Waals surface area (Å²) in [5.41, 5.74) is -2.59. The summed E-state index contributed by atoms with van der Waals surface area (Å²) in [6.07, 6.45) is -1.12. The molecule has 0 aliphatic carbocycles. The van der Waals surface area contributed by atoms with Crippen LogP contribution in [-0.2, 0) is 41.6 Å². The quantitative estimate of drug-likeness (QED) is 0.257. The van der Waals surface area contributed by atoms with E-state index in [4.69, 9.17) is 22.6 Å². The Morgan fingerprint density at radius 2 is 1.74 bits per heavy atom. The van der Waals surface area contributed by atoms with Crippen molar-refractivity contribution in [2.45, 2.75) is 76.3 Å². The predicted molar refractivity (Wildman–Crippen MR) is 126 cm³/mol. The number of hydrogen-bond donors (Lipinski definition) is 0. The second-order valence-corrected chi connectivity index (χ2v) is 16.8. The average molecular weight is 520 g/mol. The third-order valence-corrected chi connectivity index (χ3v) is 14.4. The van der Waals surface area contributed by atoms with E-state index in [1.165, 1.54) is 19.1 Å². The molecule has 3 rings (SSSR count). The van der Waals surface area contributed by atoms with E-state index in [-0.39, 0.29) is 35.8 Å². The number of ether oxygens (including phenoxy) is 1. The van der Waals surface area contributed by atoms with Crippen LogP contribution in [0.4, 0.5) is 0 Å². The molecule has 0 bridgehead atoms. The number of ketones is 1. The van der Waals surface area contributed by atoms with Gasteiger partial charge < -0.3 is 27.5 Å². The van der Waals surface area contributed by atoms with Crippen molar-refractivity contribution in [3.63, 3.8) is 0 Å². The fraction of sp³-hybridized carbons (Fsp3) is 0.864. The number of amides is 1. The molecule has 0 spiro atoms. The molecule has 0 saturated carbocycles. The van der Waals surface area contributed by atoms with Crippen LogP contribution in [0.25, 0.3) is 0 Å². The lowest BCUT2D eigenvalue weighted by atomic mass is 9.72. The normalized spacial score (nSPS) is 33.8. The van der Waals surface area contributed by atoms with Crippen molar-refractivity contribution in [1.82, 2.24) is 4.90 Å². The fourth-order valence-electron chi connectivity index (χ4n) is 5.92. The Morgan fingerprint density at radius 1 is 1.18 bits per heavy atom. The molecule has 3 heterocycles. The van der Waals surface area contributed by atoms with E-state index in [9.17, 15) is 18.9 Å². The van der Waals surface area contributed by atoms with Crippen LogP contribution < -0.4 is 0 Å². The summed E-state index contributed by atoms with van der Waals surface area (Å²) < 4.78 is 41.6. The number of nitrogens with zero attached hydrogens (tertiary/aromatic N) is 1. The van der Waals surface area contributed by atoms with Crippen molar-refractivity contribution >= 4 is 33.8 Å². The van der Waals surface area contributed by atoms with Gasteiger partial charge in [0.25, 0.3) is 0 Å². The molecule has 3 saturated heterocycles. The summed E-state index contributed by atoms with van der Waals surface area (Å²) in [4.78, 5) is 41.0. The number of likely N-dealkylation sites (tertiary alicyclic amines) is 1. The summed E-state index contributed by atoms with van der Waals surface area (Å²) in [6.45, 7) is 11.6. The molecule has 5 atom stereocenters. The monoisotopic (exact) mass is 519 g/mol. The largest absolute Gasteiger partial charge is 0.457 e. The Labute approximate surface area is 202 Å². The summed E-state index contributed by atoms with van der Waals surface area (Å²) in [7, 11) is -2.41. The first kappa shape index (κ1) is 27.5. The number of hydrogen-bond acceptors (Lipinski definition) is 9. The van der Waals surface area contributed by atoms with Crippen molar-refractivity contribution < 1.29 is 41.6 Å². The minimum atomic E-state index is -3.54. The highest BCUT2D eigenvalue weighted by Gasteiger charge is 2.83. The van der Waals surface area contributed by atoms with Crippen molar-refractivity contribution in [1.29, 1.82) is 0 Å². The second kappa shape index (κ2) is 9.08. The predicted octanol–water partition coefficient (Wildman–Crippen LogP) is 2.89. The van der Waals surface area contributed by atoms with Crippen LogP contribution in [-0.4, -0.2) is 82.4 Å². The van der Waals surface area contributed by atoms with Gasteiger partial charge in [-0.1, -0.05) is 41.5 Å². The molecule has 0 radical (unpaired) electrons. The van der Waals surface area contributed by atoms with E-state index in [1.54, 1.807) is 20.9 Å². The van der Waals surface area contributed by atoms with Gasteiger partial charge in [0.05, 0.1) is 12.5 Å². The lowest BCUT2D eigenvalue weighted by Crippen LogP contribution is -2.75. The molecule has 1 amide bonds. The number of cyclic esters (lactones) is 1. The molecular weight excluding hydrogens is 481 g/mol. The van der Waals surface area contributed by atoms with E-state index < -0.39 is 57.4 Å². The van der Waals surface area contributed by atoms with Crippen LogP contribution >= 0.6 is 7.60 Å². The van der Waals surface area contributed by atoms with Crippen LogP contribution in [0, 0.1) is 11.8 Å². The van der Waals surface area contributed by atoms with Gasteiger partial charge in [0.15, 0.2) is 5.54 Å². The lowest BCUT2D eigenvalue weighted by Gasteiger charge is -2.55. The number of carbonyl (C=O) groups is 3. The van der Waals surface area contributed by atoms with Gasteiger partial charge in [0.1, 0.15) is 23.7 Å². The van der Waals surface area contributed by atoms with Gasteiger partial charge in [0, 0.05) is 27.2 Å². The maximum Gasteiger partial charge on any atom is 0.344 e. The highest BCUT2D eigenvalue weighted by Crippen LogP contribution is 2.60. The van der Waals surface area contributed by atoms with Crippen molar-refractivity contribution in [2.24, 2.45) is 11.8 Å². The van der Waals surface area contributed by atoms with Gasteiger partial charge in [-0.25, -0.2) is 4.79 Å². The highest BCUT2D eigenvalue weighted by atomic mass is 31.2. The van der Waals surface area contributed by atoms with Crippen molar-refractivity contribution in [2.75, 3.05) is 34.0 Å². The minimum Gasteiger partial charge on any atom is -0.457 e. The van der Waals surface area contributed by atoms with Crippen molar-refractivity contribution in [3.8, 4) is 0 Å². The zero-order valence-corrected chi connectivity index (χ0v) is 23.5. The first-order valence-electron chi connectivity index (χ1n) is 11.7. The van der Waals surface area contributed by atoms with Crippen LogP contribution in [0.3, 0.4) is 0 Å². The van der Waals surface area contributed by atoms with E-state index in [0.717, 1.165) is 0 Å². The smallest absolute Gasteiger partial charge is 0.344 e. The van der Waals surface area contributed by atoms with Gasteiger partial charge in [-0.15, -0.1) is 0 Å². The Kier molecular flexibility index (Phi) is 7.34. The van der Waals surface area contributed by atoms with Crippen LogP contribution in [0.1, 0.15) is 48.0 Å². The zero-order valence-electron chi connectivity index (χ0n) is 21.6. The van der Waals surface area contributed by atoms with Gasteiger partial charge in [-0.05, 0) is 17.5 Å². The summed E-state index contributed by atoms with van der Waals surface area (Å²) in [5.74, 6) is -2.45. The molecular formula is C22H38NO9PSi. The third kappa shape index (κ3) is 3.57. The Bertz CT molecular complexity index is 895. The number of Topliss-reactive ketones (excluding diaryl/α,β-unsaturated/α-hetero) is 1. The number of carbonyl (C=O) groups excluding carboxylic acids is 3. The fourth-order valence-corrected chi connectivity index (χ4v) is 11.0. The Balaban J connectivity index is 2.04. The highest BCUT2D eigenvalue weighted by molar-refractivity contribution is 7.54. The molecule has 34 heavy (non-hydrogen) atoms. The topological polar surface area (TPSA) is 118 Å². The van der Waals surface area contributed by atoms with E-state index in [0.29, 0.717) is 0 Å². The lowest BCUT2D eigenvalue weighted by molar-refractivity contribution is -0.158. The SMILES string of the molecule is COP(=O)(CC(=O)[C@H](C)C[C@@H]1OC(=O)C23CO[Si](C(C)C)(C(C)C)O[C@]12[C@@H](C)C(=O)N3C)OC. The molecule has 3 aliphatic rings. The summed E-state index contributed by atoms with van der Waals surface area (Å²) >= 11 is 0. The second-order valence-electron chi connectivity index (χ2n) is 10.3. The number of esters is 1. The molecule has 0 aromatic rings. The van der Waals surface area contributed by atoms with E-state index in [2.05, 4.69) is 0 Å². The molecule has 0 N–H and O–H groups in total. The van der Waals surface area contributed by atoms with Gasteiger partial charge in [-0.2, -0.15) is 0 Å². The zero-order chi connectivity index (χ0) is 25.9. The van der Waals surface area contributed by atoms with Crippen LogP contribution in [0.2, 0.25) is 11.1 Å². The molecule has 0 aromatic carbocycles. The van der Waals surface area contributed by atoms with Gasteiger partial charge >= 0.3 is 22.1 Å². The third-order valence-electron chi connectivity index (χ3n) is 8.10. The average Bonchev–Trinajstić information content (AvgIpc) is 3.14. The van der Waals surface area contributed by atoms with Crippen molar-refractivity contribution in [3.05, 3.63) is 0 Å². The molecule has 0 aromatic heterocycles. The Morgan fingerprint density at radius 3 is 2.24 bits per heavy atom. The maximum atomic E-state index is 13.4. The summed E-state index contributed by atoms with van der Waals surface area (Å²) in [5, 5.41) is 0. The van der Waals surface area contributed by atoms with E-state index in [1.807, 2.05) is 27.7 Å². The molecule has 1 unspecified atom stereocenters. The molecule has 3 fully saturated rings. The summed E-state index contributed by atoms with van der Waals surface area (Å²) in [6, 6.07) is 0. The first-order valence-corrected chi connectivity index (χ1v) is 15.4. The molecule has 3 aliphatic heterocycles. The maximum absolute atomic E-state index is 13.4. The number of rotatable bonds is 9. The van der Waals surface area contributed by atoms with Crippen LogP contribution in [0.5, 0.6) is 0 Å². The standard InChI is InChI=1S/C22H38NO9PSi/c1-13(2)34(14(3)4)30-12-21-20(26)31-18(22(21,32-34)16(6)19(25)23(21)7)10-15(5)17(24)11-33(27,28-8)29-9/h13-16,18H,10-12H2,1-9H3/t15-,16+,18+,21?,22-/m1/s1. The molecule has 12 heteroatoms. The number of likely N-dealkylation sites (N-methyl/N-ethyl adjacent to an activating group) is 1. The van der Waals surface area contributed by atoms with Crippen LogP contribution in [0.15, 0.2) is 0 Å². The van der Waals surface area contributed by atoms with Gasteiger partial charge in [0.2, 0.25) is 5.91 Å². The Hall–Kier alpha value is -1.10.